The van der Waals surface area contributed by atoms with Crippen molar-refractivity contribution in [3.63, 3.8) is 0 Å². The summed E-state index contributed by atoms with van der Waals surface area (Å²) in [5.41, 5.74) is 1.08. The molecule has 0 spiro atoms. The summed E-state index contributed by atoms with van der Waals surface area (Å²) >= 11 is 0. The van der Waals surface area contributed by atoms with Crippen molar-refractivity contribution in [1.29, 1.82) is 0 Å². The van der Waals surface area contributed by atoms with Gasteiger partial charge in [0.1, 0.15) is 24.0 Å². The van der Waals surface area contributed by atoms with Gasteiger partial charge in [0.25, 0.3) is 0 Å². The quantitative estimate of drug-likeness (QED) is 0.867. The monoisotopic (exact) mass is 291 g/mol. The van der Waals surface area contributed by atoms with Crippen molar-refractivity contribution >= 4 is 0 Å². The van der Waals surface area contributed by atoms with Crippen molar-refractivity contribution in [1.82, 2.24) is 5.32 Å². The minimum absolute atomic E-state index is 0.0527. The van der Waals surface area contributed by atoms with Gasteiger partial charge in [-0.05, 0) is 29.8 Å². The highest BCUT2D eigenvalue weighted by atomic mass is 19.1. The molecule has 0 saturated carbocycles. The lowest BCUT2D eigenvalue weighted by molar-refractivity contribution is 0.292. The van der Waals surface area contributed by atoms with Gasteiger partial charge in [0, 0.05) is 12.6 Å². The maximum absolute atomic E-state index is 13.5. The van der Waals surface area contributed by atoms with E-state index in [1.54, 1.807) is 12.1 Å². The molecule has 0 bridgehead atoms. The molecule has 2 aromatic rings. The van der Waals surface area contributed by atoms with Crippen LogP contribution < -0.4 is 10.1 Å². The Labute approximate surface area is 123 Å². The fourth-order valence-corrected chi connectivity index (χ4v) is 1.85. The Morgan fingerprint density at radius 1 is 1.00 bits per heavy atom. The first-order valence-corrected chi connectivity index (χ1v) is 6.94. The Hall–Kier alpha value is -1.94. The first kappa shape index (κ1) is 15.4. The van der Waals surface area contributed by atoms with E-state index in [-0.39, 0.29) is 12.2 Å². The SMILES string of the molecule is CC(C)NCc1ccc(OCc2c(F)cccc2F)cc1. The molecule has 2 nitrogen and oxygen atoms in total. The van der Waals surface area contributed by atoms with E-state index in [2.05, 4.69) is 19.2 Å². The van der Waals surface area contributed by atoms with E-state index in [4.69, 9.17) is 4.74 Å². The van der Waals surface area contributed by atoms with Crippen LogP contribution in [0.1, 0.15) is 25.0 Å². The third kappa shape index (κ3) is 4.53. The second kappa shape index (κ2) is 7.18. The zero-order chi connectivity index (χ0) is 15.2. The Morgan fingerprint density at radius 2 is 1.62 bits per heavy atom. The number of hydrogen-bond donors (Lipinski definition) is 1. The van der Waals surface area contributed by atoms with Crippen molar-refractivity contribution in [2.75, 3.05) is 0 Å². The van der Waals surface area contributed by atoms with Crippen LogP contribution in [0.2, 0.25) is 0 Å². The highest BCUT2D eigenvalue weighted by Gasteiger charge is 2.08. The van der Waals surface area contributed by atoms with Crippen LogP contribution in [0.4, 0.5) is 8.78 Å². The fourth-order valence-electron chi connectivity index (χ4n) is 1.85. The van der Waals surface area contributed by atoms with E-state index in [1.165, 1.54) is 18.2 Å². The number of ether oxygens (including phenoxy) is 1. The predicted molar refractivity (Wildman–Crippen MR) is 79.1 cm³/mol. The molecule has 0 heterocycles. The topological polar surface area (TPSA) is 21.3 Å². The first-order valence-electron chi connectivity index (χ1n) is 6.94. The molecule has 0 saturated heterocycles. The summed E-state index contributed by atoms with van der Waals surface area (Å²) < 4.78 is 32.4. The van der Waals surface area contributed by atoms with Crippen LogP contribution in [-0.4, -0.2) is 6.04 Å². The van der Waals surface area contributed by atoms with Crippen LogP contribution in [0, 0.1) is 11.6 Å². The molecule has 2 aromatic carbocycles. The van der Waals surface area contributed by atoms with E-state index in [0.29, 0.717) is 11.8 Å². The third-order valence-corrected chi connectivity index (χ3v) is 3.08. The van der Waals surface area contributed by atoms with E-state index in [0.717, 1.165) is 12.1 Å². The van der Waals surface area contributed by atoms with Gasteiger partial charge in [-0.3, -0.25) is 0 Å². The molecule has 0 atom stereocenters. The van der Waals surface area contributed by atoms with Crippen LogP contribution in [0.25, 0.3) is 0 Å². The largest absolute Gasteiger partial charge is 0.489 e. The van der Waals surface area contributed by atoms with Gasteiger partial charge < -0.3 is 10.1 Å². The molecule has 112 valence electrons. The molecule has 0 aliphatic carbocycles. The van der Waals surface area contributed by atoms with E-state index in [9.17, 15) is 8.78 Å². The average Bonchev–Trinajstić information content (AvgIpc) is 2.46. The molecule has 0 aliphatic rings. The lowest BCUT2D eigenvalue weighted by atomic mass is 10.2. The van der Waals surface area contributed by atoms with Gasteiger partial charge in [-0.15, -0.1) is 0 Å². The Bertz CT molecular complexity index is 562. The summed E-state index contributed by atoms with van der Waals surface area (Å²) in [6.07, 6.45) is 0. The average molecular weight is 291 g/mol. The van der Waals surface area contributed by atoms with Crippen molar-refractivity contribution in [3.05, 3.63) is 65.2 Å². The maximum atomic E-state index is 13.5. The summed E-state index contributed by atoms with van der Waals surface area (Å²) in [7, 11) is 0. The highest BCUT2D eigenvalue weighted by Crippen LogP contribution is 2.17. The molecule has 21 heavy (non-hydrogen) atoms. The van der Waals surface area contributed by atoms with Crippen LogP contribution in [0.3, 0.4) is 0 Å². The van der Waals surface area contributed by atoms with Crippen molar-refractivity contribution < 1.29 is 13.5 Å². The van der Waals surface area contributed by atoms with Crippen molar-refractivity contribution in [2.24, 2.45) is 0 Å². The summed E-state index contributed by atoms with van der Waals surface area (Å²) in [4.78, 5) is 0. The smallest absolute Gasteiger partial charge is 0.132 e. The van der Waals surface area contributed by atoms with Gasteiger partial charge in [-0.1, -0.05) is 32.0 Å². The lowest BCUT2D eigenvalue weighted by Crippen LogP contribution is -2.21. The molecular formula is C17H19F2NO. The molecule has 4 heteroatoms. The van der Waals surface area contributed by atoms with Crippen LogP contribution in [-0.2, 0) is 13.2 Å². The van der Waals surface area contributed by atoms with Crippen molar-refractivity contribution in [2.45, 2.75) is 33.0 Å². The Kier molecular flexibility index (Phi) is 5.28. The van der Waals surface area contributed by atoms with E-state index in [1.807, 2.05) is 12.1 Å². The number of rotatable bonds is 6. The normalized spacial score (nSPS) is 10.9. The van der Waals surface area contributed by atoms with Gasteiger partial charge in [-0.2, -0.15) is 0 Å². The van der Waals surface area contributed by atoms with Gasteiger partial charge >= 0.3 is 0 Å². The van der Waals surface area contributed by atoms with Gasteiger partial charge in [0.15, 0.2) is 0 Å². The highest BCUT2D eigenvalue weighted by molar-refractivity contribution is 5.28. The standard InChI is InChI=1S/C17H19F2NO/c1-12(2)20-10-13-6-8-14(9-7-13)21-11-15-16(18)4-3-5-17(15)19/h3-9,12,20H,10-11H2,1-2H3. The van der Waals surface area contributed by atoms with Crippen molar-refractivity contribution in [3.8, 4) is 5.75 Å². The Morgan fingerprint density at radius 3 is 2.19 bits per heavy atom. The molecule has 0 unspecified atom stereocenters. The molecular weight excluding hydrogens is 272 g/mol. The van der Waals surface area contributed by atoms with E-state index >= 15 is 0 Å². The molecule has 0 fully saturated rings. The summed E-state index contributed by atoms with van der Waals surface area (Å²) in [6, 6.07) is 11.7. The van der Waals surface area contributed by atoms with E-state index < -0.39 is 11.6 Å². The lowest BCUT2D eigenvalue weighted by Gasteiger charge is -2.10. The van der Waals surface area contributed by atoms with Crippen LogP contribution in [0.5, 0.6) is 5.75 Å². The maximum Gasteiger partial charge on any atom is 0.132 e. The predicted octanol–water partition coefficient (Wildman–Crippen LogP) is 4.04. The number of benzene rings is 2. The van der Waals surface area contributed by atoms with Gasteiger partial charge in [0.05, 0.1) is 5.56 Å². The molecule has 0 amide bonds. The Balaban J connectivity index is 1.95. The van der Waals surface area contributed by atoms with Crippen LogP contribution in [0.15, 0.2) is 42.5 Å². The second-order valence-corrected chi connectivity index (χ2v) is 5.17. The van der Waals surface area contributed by atoms with Gasteiger partial charge in [0.2, 0.25) is 0 Å². The number of nitrogens with one attached hydrogen (secondary N) is 1. The zero-order valence-electron chi connectivity index (χ0n) is 12.2. The zero-order valence-corrected chi connectivity index (χ0v) is 12.2. The third-order valence-electron chi connectivity index (χ3n) is 3.08. The minimum atomic E-state index is -0.590. The minimum Gasteiger partial charge on any atom is -0.489 e. The molecule has 0 aliphatic heterocycles. The molecule has 0 aromatic heterocycles. The molecule has 2 rings (SSSR count). The van der Waals surface area contributed by atoms with Crippen LogP contribution >= 0.6 is 0 Å². The second-order valence-electron chi connectivity index (χ2n) is 5.17. The first-order chi connectivity index (χ1) is 10.1. The molecule has 0 radical (unpaired) electrons. The number of hydrogen-bond acceptors (Lipinski definition) is 2. The summed E-state index contributed by atoms with van der Waals surface area (Å²) in [5, 5.41) is 3.31. The summed E-state index contributed by atoms with van der Waals surface area (Å²) in [6.45, 7) is 4.82. The van der Waals surface area contributed by atoms with Gasteiger partial charge in [-0.25, -0.2) is 8.78 Å². The molecule has 1 N–H and O–H groups in total. The summed E-state index contributed by atoms with van der Waals surface area (Å²) in [5.74, 6) is -0.591. The fraction of sp³-hybridized carbons (Fsp3) is 0.294. The number of halogens is 2.